The van der Waals surface area contributed by atoms with Crippen molar-refractivity contribution in [2.75, 3.05) is 0 Å². The van der Waals surface area contributed by atoms with Gasteiger partial charge in [-0.25, -0.2) is 0 Å². The first-order valence-corrected chi connectivity index (χ1v) is 5.86. The normalized spacial score (nSPS) is 11.9. The van der Waals surface area contributed by atoms with Gasteiger partial charge in [0.2, 0.25) is 0 Å². The number of hydrogen-bond acceptors (Lipinski definition) is 2. The number of alkyl halides is 6. The van der Waals surface area contributed by atoms with Crippen molar-refractivity contribution >= 4 is 0 Å². The highest BCUT2D eigenvalue weighted by molar-refractivity contribution is 5.22. The third-order valence-electron chi connectivity index (χ3n) is 2.48. The molecule has 0 amide bonds. The van der Waals surface area contributed by atoms with Crippen molar-refractivity contribution in [1.29, 1.82) is 0 Å². The van der Waals surface area contributed by atoms with Crippen LogP contribution in [0.1, 0.15) is 11.1 Å². The van der Waals surface area contributed by atoms with Crippen LogP contribution in [-0.2, 0) is 22.7 Å². The minimum atomic E-state index is -4.63. The molecule has 0 spiro atoms. The number of hydrogen-bond donors (Lipinski definition) is 0. The maximum absolute atomic E-state index is 12.1. The molecule has 0 saturated heterocycles. The number of allylic oxidation sites excluding steroid dienone is 2. The highest BCUT2D eigenvalue weighted by Gasteiger charge is 2.34. The van der Waals surface area contributed by atoms with Gasteiger partial charge in [0.25, 0.3) is 0 Å². The van der Waals surface area contributed by atoms with E-state index in [1.165, 1.54) is 24.3 Å². The number of benzene rings is 1. The first kappa shape index (κ1) is 17.9. The van der Waals surface area contributed by atoms with E-state index in [0.29, 0.717) is 11.1 Å². The molecule has 122 valence electrons. The Balaban J connectivity index is 2.50. The van der Waals surface area contributed by atoms with Gasteiger partial charge < -0.3 is 9.47 Å². The van der Waals surface area contributed by atoms with E-state index >= 15 is 0 Å². The SMILES string of the molecule is C=C(OCc1ccc(COC(=C)C(F)(F)F)cc1)C(F)(F)F. The molecule has 0 aliphatic rings. The summed E-state index contributed by atoms with van der Waals surface area (Å²) in [6.07, 6.45) is -9.27. The number of rotatable bonds is 6. The Morgan fingerprint density at radius 3 is 1.23 bits per heavy atom. The third-order valence-corrected chi connectivity index (χ3v) is 2.48. The second-order valence-corrected chi connectivity index (χ2v) is 4.24. The molecule has 22 heavy (non-hydrogen) atoms. The Morgan fingerprint density at radius 2 is 1.00 bits per heavy atom. The minimum Gasteiger partial charge on any atom is -0.485 e. The molecule has 0 fully saturated rings. The summed E-state index contributed by atoms with van der Waals surface area (Å²) in [4.78, 5) is 0. The van der Waals surface area contributed by atoms with Crippen LogP contribution in [0.5, 0.6) is 0 Å². The summed E-state index contributed by atoms with van der Waals surface area (Å²) in [6, 6.07) is 5.66. The highest BCUT2D eigenvalue weighted by atomic mass is 19.4. The van der Waals surface area contributed by atoms with Crippen LogP contribution in [0.15, 0.2) is 48.9 Å². The fourth-order valence-corrected chi connectivity index (χ4v) is 1.24. The van der Waals surface area contributed by atoms with E-state index in [1.807, 2.05) is 0 Å². The lowest BCUT2D eigenvalue weighted by Crippen LogP contribution is -2.13. The van der Waals surface area contributed by atoms with E-state index < -0.39 is 23.9 Å². The fourth-order valence-electron chi connectivity index (χ4n) is 1.24. The number of ether oxygens (including phenoxy) is 2. The van der Waals surface area contributed by atoms with E-state index in [0.717, 1.165) is 0 Å². The molecule has 0 unspecified atom stereocenters. The Kier molecular flexibility index (Phi) is 5.51. The lowest BCUT2D eigenvalue weighted by atomic mass is 10.1. The summed E-state index contributed by atoms with van der Waals surface area (Å²) in [5.74, 6) is -2.64. The monoisotopic (exact) mass is 326 g/mol. The predicted octanol–water partition coefficient (Wildman–Crippen LogP) is 4.87. The van der Waals surface area contributed by atoms with Crippen LogP contribution in [0.2, 0.25) is 0 Å². The van der Waals surface area contributed by atoms with Gasteiger partial charge in [0.1, 0.15) is 13.2 Å². The first-order valence-electron chi connectivity index (χ1n) is 5.86. The smallest absolute Gasteiger partial charge is 0.448 e. The molecule has 8 heteroatoms. The van der Waals surface area contributed by atoms with Crippen molar-refractivity contribution in [3.05, 3.63) is 60.1 Å². The minimum absolute atomic E-state index is 0.352. The van der Waals surface area contributed by atoms with Gasteiger partial charge in [-0.2, -0.15) is 26.3 Å². The summed E-state index contributed by atoms with van der Waals surface area (Å²) >= 11 is 0. The van der Waals surface area contributed by atoms with Crippen molar-refractivity contribution < 1.29 is 35.8 Å². The van der Waals surface area contributed by atoms with Gasteiger partial charge >= 0.3 is 12.4 Å². The average Bonchev–Trinajstić information content (AvgIpc) is 2.41. The zero-order valence-electron chi connectivity index (χ0n) is 11.2. The molecular formula is C14H12F6O2. The van der Waals surface area contributed by atoms with E-state index in [4.69, 9.17) is 0 Å². The molecule has 2 nitrogen and oxygen atoms in total. The second kappa shape index (κ2) is 6.76. The zero-order chi connectivity index (χ0) is 17.0. The molecular weight excluding hydrogens is 314 g/mol. The van der Waals surface area contributed by atoms with Gasteiger partial charge in [-0.3, -0.25) is 0 Å². The highest BCUT2D eigenvalue weighted by Crippen LogP contribution is 2.27. The van der Waals surface area contributed by atoms with Crippen LogP contribution in [-0.4, -0.2) is 12.4 Å². The molecule has 1 aromatic rings. The molecule has 0 heterocycles. The number of halogens is 6. The molecule has 0 N–H and O–H groups in total. The summed E-state index contributed by atoms with van der Waals surface area (Å²) in [7, 11) is 0. The largest absolute Gasteiger partial charge is 0.485 e. The van der Waals surface area contributed by atoms with Crippen molar-refractivity contribution in [3.8, 4) is 0 Å². The van der Waals surface area contributed by atoms with Gasteiger partial charge in [-0.05, 0) is 11.1 Å². The Labute approximate surface area is 122 Å². The van der Waals surface area contributed by atoms with Crippen LogP contribution in [0, 0.1) is 0 Å². The van der Waals surface area contributed by atoms with Gasteiger partial charge in [-0.15, -0.1) is 0 Å². The molecule has 0 aliphatic carbocycles. The Morgan fingerprint density at radius 1 is 0.727 bits per heavy atom. The quantitative estimate of drug-likeness (QED) is 0.548. The van der Waals surface area contributed by atoms with Gasteiger partial charge in [0.15, 0.2) is 11.5 Å². The molecule has 0 saturated carbocycles. The van der Waals surface area contributed by atoms with E-state index in [-0.39, 0.29) is 13.2 Å². The summed E-state index contributed by atoms with van der Waals surface area (Å²) < 4.78 is 81.8. The Bertz CT molecular complexity index is 479. The van der Waals surface area contributed by atoms with Crippen molar-refractivity contribution in [1.82, 2.24) is 0 Å². The maximum atomic E-state index is 12.1. The molecule has 0 atom stereocenters. The topological polar surface area (TPSA) is 18.5 Å². The predicted molar refractivity (Wildman–Crippen MR) is 66.4 cm³/mol. The second-order valence-electron chi connectivity index (χ2n) is 4.24. The van der Waals surface area contributed by atoms with Gasteiger partial charge in [0, 0.05) is 0 Å². The van der Waals surface area contributed by atoms with Crippen LogP contribution >= 0.6 is 0 Å². The Hall–Kier alpha value is -2.12. The lowest BCUT2D eigenvalue weighted by molar-refractivity contribution is -0.132. The van der Waals surface area contributed by atoms with Gasteiger partial charge in [0.05, 0.1) is 0 Å². The molecule has 1 rings (SSSR count). The summed E-state index contributed by atoms with van der Waals surface area (Å²) in [5, 5.41) is 0. The van der Waals surface area contributed by atoms with Crippen LogP contribution < -0.4 is 0 Å². The molecule has 0 radical (unpaired) electrons. The van der Waals surface area contributed by atoms with Crippen molar-refractivity contribution in [2.45, 2.75) is 25.6 Å². The maximum Gasteiger partial charge on any atom is 0.448 e. The molecule has 0 aromatic heterocycles. The van der Waals surface area contributed by atoms with Crippen molar-refractivity contribution in [2.24, 2.45) is 0 Å². The molecule has 0 aliphatic heterocycles. The van der Waals surface area contributed by atoms with Gasteiger partial charge in [-0.1, -0.05) is 37.4 Å². The standard InChI is InChI=1S/C14H12F6O2/c1-9(13(15,16)17)21-7-11-3-5-12(6-4-11)8-22-10(2)14(18,19)20/h3-6H,1-2,7-8H2. The van der Waals surface area contributed by atoms with E-state index in [2.05, 4.69) is 22.6 Å². The van der Waals surface area contributed by atoms with E-state index in [9.17, 15) is 26.3 Å². The van der Waals surface area contributed by atoms with E-state index in [1.54, 1.807) is 0 Å². The van der Waals surface area contributed by atoms with Crippen molar-refractivity contribution in [3.63, 3.8) is 0 Å². The average molecular weight is 326 g/mol. The van der Waals surface area contributed by atoms with Crippen LogP contribution in [0.25, 0.3) is 0 Å². The molecule has 1 aromatic carbocycles. The summed E-state index contributed by atoms with van der Waals surface area (Å²) in [5.41, 5.74) is 0.813. The lowest BCUT2D eigenvalue weighted by Gasteiger charge is -2.13. The molecule has 0 bridgehead atoms. The third kappa shape index (κ3) is 5.71. The first-order chi connectivity index (χ1) is 10.00. The zero-order valence-corrected chi connectivity index (χ0v) is 11.2. The van der Waals surface area contributed by atoms with Crippen LogP contribution in [0.3, 0.4) is 0 Å². The summed E-state index contributed by atoms with van der Waals surface area (Å²) in [6.45, 7) is 4.79. The van der Waals surface area contributed by atoms with Crippen LogP contribution in [0.4, 0.5) is 26.3 Å². The fraction of sp³-hybridized carbons (Fsp3) is 0.286.